The van der Waals surface area contributed by atoms with Crippen molar-refractivity contribution >= 4 is 27.5 Å². The summed E-state index contributed by atoms with van der Waals surface area (Å²) in [6.45, 7) is 5.36. The third kappa shape index (κ3) is 5.35. The number of rotatable bonds is 7. The molecule has 2 atom stereocenters. The monoisotopic (exact) mass is 391 g/mol. The van der Waals surface area contributed by atoms with Gasteiger partial charge in [-0.3, -0.25) is 4.79 Å². The Kier molecular flexibility index (Phi) is 6.82. The van der Waals surface area contributed by atoms with Crippen LogP contribution in [0.2, 0.25) is 0 Å². The Labute approximate surface area is 151 Å². The standard InChI is InChI=1S/C19H23BrN2O2/c1-4-24-18-11-5-15(6-12-18)13-22(3)14(2)19(23)21-17-9-7-16(20)8-10-17/h5-12,14H,4,13H2,1-3H3,(H,21,23)/p+1/t14-/m1/s1. The van der Waals surface area contributed by atoms with Crippen LogP contribution in [0.4, 0.5) is 5.69 Å². The molecular weight excluding hydrogens is 368 g/mol. The summed E-state index contributed by atoms with van der Waals surface area (Å²) in [7, 11) is 2.03. The predicted octanol–water partition coefficient (Wildman–Crippen LogP) is 2.89. The van der Waals surface area contributed by atoms with Crippen LogP contribution in [-0.4, -0.2) is 25.6 Å². The first kappa shape index (κ1) is 18.5. The summed E-state index contributed by atoms with van der Waals surface area (Å²) in [6.07, 6.45) is 0. The second-order valence-electron chi connectivity index (χ2n) is 5.82. The van der Waals surface area contributed by atoms with Gasteiger partial charge in [-0.05, 0) is 62.4 Å². The molecule has 0 aliphatic carbocycles. The number of carbonyl (C=O) groups is 1. The highest BCUT2D eigenvalue weighted by Gasteiger charge is 2.22. The van der Waals surface area contributed by atoms with E-state index in [4.69, 9.17) is 4.74 Å². The Morgan fingerprint density at radius 2 is 1.79 bits per heavy atom. The van der Waals surface area contributed by atoms with Crippen molar-refractivity contribution in [2.24, 2.45) is 0 Å². The van der Waals surface area contributed by atoms with Crippen molar-refractivity contribution in [1.82, 2.24) is 0 Å². The Morgan fingerprint density at radius 1 is 1.17 bits per heavy atom. The number of carbonyl (C=O) groups excluding carboxylic acids is 1. The number of quaternary nitrogens is 1. The van der Waals surface area contributed by atoms with Gasteiger partial charge in [0.15, 0.2) is 6.04 Å². The van der Waals surface area contributed by atoms with Gasteiger partial charge in [0.1, 0.15) is 12.3 Å². The molecule has 0 spiro atoms. The summed E-state index contributed by atoms with van der Waals surface area (Å²) in [5, 5.41) is 2.96. The number of anilines is 1. The average Bonchev–Trinajstić information content (AvgIpc) is 2.58. The second-order valence-corrected chi connectivity index (χ2v) is 6.73. The minimum atomic E-state index is -0.153. The molecule has 0 aliphatic rings. The van der Waals surface area contributed by atoms with Crippen molar-refractivity contribution in [3.63, 3.8) is 0 Å². The van der Waals surface area contributed by atoms with Gasteiger partial charge in [-0.2, -0.15) is 0 Å². The van der Waals surface area contributed by atoms with Gasteiger partial charge in [0, 0.05) is 15.7 Å². The minimum absolute atomic E-state index is 0.0146. The normalized spacial score (nSPS) is 13.2. The molecule has 0 radical (unpaired) electrons. The van der Waals surface area contributed by atoms with E-state index in [1.54, 1.807) is 0 Å². The molecule has 24 heavy (non-hydrogen) atoms. The van der Waals surface area contributed by atoms with Crippen molar-refractivity contribution in [2.45, 2.75) is 26.4 Å². The number of nitrogens with one attached hydrogen (secondary N) is 2. The Balaban J connectivity index is 1.91. The molecule has 1 amide bonds. The molecule has 0 saturated carbocycles. The van der Waals surface area contributed by atoms with E-state index in [0.717, 1.165) is 27.4 Å². The van der Waals surface area contributed by atoms with E-state index in [1.165, 1.54) is 5.56 Å². The molecular formula is C19H24BrN2O2+. The van der Waals surface area contributed by atoms with Crippen molar-refractivity contribution in [3.8, 4) is 5.75 Å². The maximum Gasteiger partial charge on any atom is 0.282 e. The minimum Gasteiger partial charge on any atom is -0.494 e. The van der Waals surface area contributed by atoms with Gasteiger partial charge in [-0.15, -0.1) is 0 Å². The molecule has 5 heteroatoms. The van der Waals surface area contributed by atoms with Crippen LogP contribution in [0.5, 0.6) is 5.75 Å². The number of ether oxygens (including phenoxy) is 1. The fraction of sp³-hybridized carbons (Fsp3) is 0.316. The molecule has 0 bridgehead atoms. The lowest BCUT2D eigenvalue weighted by Gasteiger charge is -2.21. The number of hydrogen-bond acceptors (Lipinski definition) is 2. The first-order valence-corrected chi connectivity index (χ1v) is 8.89. The van der Waals surface area contributed by atoms with Gasteiger partial charge in [0.2, 0.25) is 0 Å². The third-order valence-electron chi connectivity index (χ3n) is 3.96. The highest BCUT2D eigenvalue weighted by atomic mass is 79.9. The SMILES string of the molecule is CCOc1ccc(C[NH+](C)[C@H](C)C(=O)Nc2ccc(Br)cc2)cc1. The predicted molar refractivity (Wildman–Crippen MR) is 100 cm³/mol. The van der Waals surface area contributed by atoms with E-state index < -0.39 is 0 Å². The first-order chi connectivity index (χ1) is 11.5. The molecule has 4 nitrogen and oxygen atoms in total. The van der Waals surface area contributed by atoms with E-state index in [0.29, 0.717) is 6.61 Å². The molecule has 0 fully saturated rings. The molecule has 128 valence electrons. The highest BCUT2D eigenvalue weighted by Crippen LogP contribution is 2.14. The molecule has 0 aromatic heterocycles. The fourth-order valence-electron chi connectivity index (χ4n) is 2.35. The van der Waals surface area contributed by atoms with Crippen molar-refractivity contribution in [3.05, 3.63) is 58.6 Å². The maximum absolute atomic E-state index is 12.4. The average molecular weight is 392 g/mol. The van der Waals surface area contributed by atoms with Crippen molar-refractivity contribution in [1.29, 1.82) is 0 Å². The molecule has 2 aromatic carbocycles. The molecule has 2 aromatic rings. The summed E-state index contributed by atoms with van der Waals surface area (Å²) in [4.78, 5) is 13.5. The number of halogens is 1. The third-order valence-corrected chi connectivity index (χ3v) is 4.49. The van der Waals surface area contributed by atoms with E-state index in [1.807, 2.05) is 69.4 Å². The second kappa shape index (κ2) is 8.85. The molecule has 0 heterocycles. The van der Waals surface area contributed by atoms with Crippen LogP contribution in [-0.2, 0) is 11.3 Å². The van der Waals surface area contributed by atoms with Gasteiger partial charge in [0.05, 0.1) is 13.7 Å². The first-order valence-electron chi connectivity index (χ1n) is 8.10. The summed E-state index contributed by atoms with van der Waals surface area (Å²) >= 11 is 3.39. The van der Waals surface area contributed by atoms with Crippen LogP contribution in [0.15, 0.2) is 53.0 Å². The van der Waals surface area contributed by atoms with Crippen LogP contribution in [0.3, 0.4) is 0 Å². The summed E-state index contributed by atoms with van der Waals surface area (Å²) in [5.41, 5.74) is 1.99. The zero-order valence-corrected chi connectivity index (χ0v) is 15.9. The zero-order valence-electron chi connectivity index (χ0n) is 14.3. The van der Waals surface area contributed by atoms with Crippen LogP contribution in [0.25, 0.3) is 0 Å². The Hall–Kier alpha value is -1.85. The van der Waals surface area contributed by atoms with E-state index in [9.17, 15) is 4.79 Å². The van der Waals surface area contributed by atoms with Crippen LogP contribution >= 0.6 is 15.9 Å². The summed E-state index contributed by atoms with van der Waals surface area (Å²) < 4.78 is 6.44. The van der Waals surface area contributed by atoms with Crippen LogP contribution in [0.1, 0.15) is 19.4 Å². The largest absolute Gasteiger partial charge is 0.494 e. The number of amides is 1. The van der Waals surface area contributed by atoms with Crippen molar-refractivity contribution in [2.75, 3.05) is 19.0 Å². The fourth-order valence-corrected chi connectivity index (χ4v) is 2.62. The van der Waals surface area contributed by atoms with Crippen LogP contribution in [0, 0.1) is 0 Å². The van der Waals surface area contributed by atoms with Crippen LogP contribution < -0.4 is 15.0 Å². The zero-order chi connectivity index (χ0) is 17.5. The Bertz CT molecular complexity index is 656. The number of benzene rings is 2. The van der Waals surface area contributed by atoms with Gasteiger partial charge in [0.25, 0.3) is 5.91 Å². The summed E-state index contributed by atoms with van der Waals surface area (Å²) in [6, 6.07) is 15.5. The Morgan fingerprint density at radius 3 is 2.38 bits per heavy atom. The van der Waals surface area contributed by atoms with Gasteiger partial charge in [-0.1, -0.05) is 15.9 Å². The number of likely N-dealkylation sites (N-methyl/N-ethyl adjacent to an activating group) is 1. The van der Waals surface area contributed by atoms with E-state index in [2.05, 4.69) is 21.2 Å². The molecule has 0 aliphatic heterocycles. The molecule has 2 N–H and O–H groups in total. The molecule has 1 unspecified atom stereocenters. The lowest BCUT2D eigenvalue weighted by atomic mass is 10.1. The topological polar surface area (TPSA) is 42.8 Å². The van der Waals surface area contributed by atoms with Gasteiger partial charge in [-0.25, -0.2) is 0 Å². The quantitative estimate of drug-likeness (QED) is 0.761. The smallest absolute Gasteiger partial charge is 0.282 e. The molecule has 0 saturated heterocycles. The molecule has 2 rings (SSSR count). The van der Waals surface area contributed by atoms with E-state index >= 15 is 0 Å². The summed E-state index contributed by atoms with van der Waals surface area (Å²) in [5.74, 6) is 0.890. The number of hydrogen-bond donors (Lipinski definition) is 2. The van der Waals surface area contributed by atoms with E-state index in [-0.39, 0.29) is 11.9 Å². The lowest BCUT2D eigenvalue weighted by Crippen LogP contribution is -3.12. The highest BCUT2D eigenvalue weighted by molar-refractivity contribution is 9.10. The maximum atomic E-state index is 12.4. The van der Waals surface area contributed by atoms with Gasteiger partial charge >= 0.3 is 0 Å². The van der Waals surface area contributed by atoms with Gasteiger partial charge < -0.3 is 15.0 Å². The van der Waals surface area contributed by atoms with Crippen molar-refractivity contribution < 1.29 is 14.4 Å². The lowest BCUT2D eigenvalue weighted by molar-refractivity contribution is -0.907.